The average Bonchev–Trinajstić information content (AvgIpc) is 3.43. The molecule has 0 aliphatic heterocycles. The number of nitrogens with zero attached hydrogens (tertiary/aromatic N) is 3. The minimum absolute atomic E-state index is 0.149. The summed E-state index contributed by atoms with van der Waals surface area (Å²) in [6, 6.07) is 6.51. The van der Waals surface area contributed by atoms with Crippen LogP contribution in [0.25, 0.3) is 28.3 Å². The summed E-state index contributed by atoms with van der Waals surface area (Å²) in [6.07, 6.45) is 8.31. The van der Waals surface area contributed by atoms with Crippen LogP contribution in [0.2, 0.25) is 0 Å². The van der Waals surface area contributed by atoms with Gasteiger partial charge in [-0.3, -0.25) is 14.6 Å². The average molecular weight is 433 g/mol. The molecular formula is C23H15F2N4O3-. The third-order valence-electron chi connectivity index (χ3n) is 4.84. The molecule has 0 aliphatic rings. The Kier molecular flexibility index (Phi) is 5.46. The molecule has 160 valence electrons. The molecule has 2 aromatic carbocycles. The summed E-state index contributed by atoms with van der Waals surface area (Å²) in [4.78, 5) is 24.0. The first-order valence-electron chi connectivity index (χ1n) is 9.38. The maximum atomic E-state index is 14.5. The fourth-order valence-electron chi connectivity index (χ4n) is 3.27. The van der Waals surface area contributed by atoms with E-state index < -0.39 is 29.0 Å². The van der Waals surface area contributed by atoms with E-state index in [4.69, 9.17) is 0 Å². The van der Waals surface area contributed by atoms with E-state index in [1.54, 1.807) is 30.2 Å². The molecular weight excluding hydrogens is 418 g/mol. The molecule has 0 saturated heterocycles. The summed E-state index contributed by atoms with van der Waals surface area (Å²) in [5.41, 5.74) is 1.29. The van der Waals surface area contributed by atoms with Gasteiger partial charge in [0.15, 0.2) is 5.78 Å². The van der Waals surface area contributed by atoms with Crippen molar-refractivity contribution in [3.63, 3.8) is 0 Å². The Labute approximate surface area is 180 Å². The maximum Gasteiger partial charge on any atom is 0.191 e. The van der Waals surface area contributed by atoms with Crippen molar-refractivity contribution in [1.82, 2.24) is 20.0 Å². The van der Waals surface area contributed by atoms with Crippen molar-refractivity contribution in [3.8, 4) is 22.3 Å². The number of aromatic nitrogens is 4. The van der Waals surface area contributed by atoms with E-state index in [1.807, 2.05) is 0 Å². The predicted molar refractivity (Wildman–Crippen MR) is 110 cm³/mol. The molecule has 2 aromatic heterocycles. The molecule has 1 N–H and O–H groups in total. The number of halogens is 2. The lowest BCUT2D eigenvalue weighted by atomic mass is 9.99. The van der Waals surface area contributed by atoms with E-state index in [9.17, 15) is 23.5 Å². The summed E-state index contributed by atoms with van der Waals surface area (Å²) in [5, 5.41) is 21.8. The first kappa shape index (κ1) is 20.9. The van der Waals surface area contributed by atoms with Crippen LogP contribution in [0.1, 0.15) is 26.3 Å². The van der Waals surface area contributed by atoms with Crippen molar-refractivity contribution in [3.05, 3.63) is 89.5 Å². The van der Waals surface area contributed by atoms with Gasteiger partial charge in [0, 0.05) is 36.1 Å². The zero-order chi connectivity index (χ0) is 22.8. The minimum atomic E-state index is -1.45. The number of carboxylic acids is 1. The summed E-state index contributed by atoms with van der Waals surface area (Å²) in [7, 11) is 1.74. The standard InChI is InChI=1S/C23H16F2N4O3/c1-29-12-17(11-28-29)13-2-4-18(23(31)32)14(6-13)3-5-21(30)22-19(24)7-15(8-20(22)25)16-9-26-27-10-16/h2-12H,1H3,(H,26,27)(H,31,32)/p-1/b5-3+. The number of H-pyrrole nitrogens is 1. The molecule has 0 radical (unpaired) electrons. The number of aromatic carboxylic acids is 1. The number of ketones is 1. The highest BCUT2D eigenvalue weighted by Crippen LogP contribution is 2.26. The van der Waals surface area contributed by atoms with Crippen LogP contribution in [-0.4, -0.2) is 31.7 Å². The van der Waals surface area contributed by atoms with Gasteiger partial charge in [-0.2, -0.15) is 10.2 Å². The van der Waals surface area contributed by atoms with Gasteiger partial charge in [0.05, 0.1) is 23.9 Å². The van der Waals surface area contributed by atoms with Crippen LogP contribution >= 0.6 is 0 Å². The van der Waals surface area contributed by atoms with E-state index >= 15 is 0 Å². The number of hydrogen-bond donors (Lipinski definition) is 1. The van der Waals surface area contributed by atoms with Gasteiger partial charge in [0.25, 0.3) is 0 Å². The van der Waals surface area contributed by atoms with Gasteiger partial charge in [0.2, 0.25) is 0 Å². The van der Waals surface area contributed by atoms with Crippen molar-refractivity contribution in [2.24, 2.45) is 7.05 Å². The van der Waals surface area contributed by atoms with Gasteiger partial charge in [-0.05, 0) is 41.0 Å². The molecule has 4 aromatic rings. The number of hydrogen-bond acceptors (Lipinski definition) is 5. The number of carbonyl (C=O) groups is 2. The van der Waals surface area contributed by atoms with E-state index in [0.717, 1.165) is 23.8 Å². The largest absolute Gasteiger partial charge is 0.545 e. The van der Waals surface area contributed by atoms with Crippen molar-refractivity contribution in [2.75, 3.05) is 0 Å². The van der Waals surface area contributed by atoms with Crippen LogP contribution in [0.15, 0.2) is 61.2 Å². The fourth-order valence-corrected chi connectivity index (χ4v) is 3.27. The third kappa shape index (κ3) is 4.08. The Balaban J connectivity index is 1.68. The number of nitrogens with one attached hydrogen (secondary N) is 1. The number of benzene rings is 2. The highest BCUT2D eigenvalue weighted by Gasteiger charge is 2.18. The van der Waals surface area contributed by atoms with Crippen LogP contribution in [0.4, 0.5) is 8.78 Å². The highest BCUT2D eigenvalue weighted by molar-refractivity contribution is 6.08. The normalized spacial score (nSPS) is 11.2. The second-order valence-corrected chi connectivity index (χ2v) is 6.99. The molecule has 0 aliphatic carbocycles. The topological polar surface area (TPSA) is 104 Å². The number of aromatic amines is 1. The lowest BCUT2D eigenvalue weighted by Crippen LogP contribution is -2.23. The lowest BCUT2D eigenvalue weighted by molar-refractivity contribution is -0.255. The molecule has 0 atom stereocenters. The first-order valence-corrected chi connectivity index (χ1v) is 9.38. The molecule has 0 amide bonds. The molecule has 9 heteroatoms. The molecule has 32 heavy (non-hydrogen) atoms. The first-order chi connectivity index (χ1) is 15.3. The van der Waals surface area contributed by atoms with Crippen LogP contribution in [0.5, 0.6) is 0 Å². The van der Waals surface area contributed by atoms with Crippen molar-refractivity contribution in [2.45, 2.75) is 0 Å². The van der Waals surface area contributed by atoms with Gasteiger partial charge < -0.3 is 9.90 Å². The summed E-state index contributed by atoms with van der Waals surface area (Å²) in [6.45, 7) is 0. The summed E-state index contributed by atoms with van der Waals surface area (Å²) >= 11 is 0. The molecule has 2 heterocycles. The third-order valence-corrected chi connectivity index (χ3v) is 4.84. The number of allylic oxidation sites excluding steroid dienone is 1. The molecule has 7 nitrogen and oxygen atoms in total. The fraction of sp³-hybridized carbons (Fsp3) is 0.0435. The number of carboxylic acid groups (broad SMARTS) is 1. The summed E-state index contributed by atoms with van der Waals surface area (Å²) in [5.74, 6) is -4.48. The lowest BCUT2D eigenvalue weighted by Gasteiger charge is -2.09. The van der Waals surface area contributed by atoms with Crippen LogP contribution in [0, 0.1) is 11.6 Å². The Hall–Kier alpha value is -4.40. The van der Waals surface area contributed by atoms with Gasteiger partial charge in [-0.15, -0.1) is 0 Å². The molecule has 0 saturated carbocycles. The Morgan fingerprint density at radius 2 is 1.78 bits per heavy atom. The predicted octanol–water partition coefficient (Wildman–Crippen LogP) is 3.02. The monoisotopic (exact) mass is 433 g/mol. The minimum Gasteiger partial charge on any atom is -0.545 e. The van der Waals surface area contributed by atoms with E-state index in [1.165, 1.54) is 30.6 Å². The van der Waals surface area contributed by atoms with Crippen LogP contribution < -0.4 is 5.11 Å². The molecule has 0 spiro atoms. The number of aryl methyl sites for hydroxylation is 1. The molecule has 0 unspecified atom stereocenters. The Morgan fingerprint density at radius 1 is 1.03 bits per heavy atom. The van der Waals surface area contributed by atoms with Gasteiger partial charge in [0.1, 0.15) is 11.6 Å². The second kappa shape index (κ2) is 8.38. The van der Waals surface area contributed by atoms with Crippen molar-refractivity contribution >= 4 is 17.8 Å². The maximum absolute atomic E-state index is 14.5. The van der Waals surface area contributed by atoms with Crippen LogP contribution in [0.3, 0.4) is 0 Å². The van der Waals surface area contributed by atoms with E-state index in [2.05, 4.69) is 15.3 Å². The van der Waals surface area contributed by atoms with Gasteiger partial charge in [-0.1, -0.05) is 18.2 Å². The van der Waals surface area contributed by atoms with Gasteiger partial charge >= 0.3 is 0 Å². The highest BCUT2D eigenvalue weighted by atomic mass is 19.1. The SMILES string of the molecule is Cn1cc(-c2ccc(C(=O)[O-])c(/C=C/C(=O)c3c(F)cc(-c4cn[nH]c4)cc3F)c2)cn1. The smallest absolute Gasteiger partial charge is 0.191 e. The van der Waals surface area contributed by atoms with Crippen molar-refractivity contribution in [1.29, 1.82) is 0 Å². The molecule has 4 rings (SSSR count). The Bertz CT molecular complexity index is 1330. The Morgan fingerprint density at radius 3 is 2.38 bits per heavy atom. The van der Waals surface area contributed by atoms with Gasteiger partial charge in [-0.25, -0.2) is 8.78 Å². The number of rotatable bonds is 6. The quantitative estimate of drug-likeness (QED) is 0.372. The second-order valence-electron chi connectivity index (χ2n) is 6.99. The van der Waals surface area contributed by atoms with E-state index in [-0.39, 0.29) is 16.7 Å². The zero-order valence-corrected chi connectivity index (χ0v) is 16.7. The van der Waals surface area contributed by atoms with Crippen molar-refractivity contribution < 1.29 is 23.5 Å². The molecule has 0 fully saturated rings. The zero-order valence-electron chi connectivity index (χ0n) is 16.7. The number of carbonyl (C=O) groups excluding carboxylic acids is 2. The van der Waals surface area contributed by atoms with E-state index in [0.29, 0.717) is 11.1 Å². The molecule has 0 bridgehead atoms. The van der Waals surface area contributed by atoms with Crippen LogP contribution in [-0.2, 0) is 7.05 Å². The summed E-state index contributed by atoms with van der Waals surface area (Å²) < 4.78 is 30.7.